The number of fused-ring (bicyclic) bond motifs is 1. The molecule has 0 saturated heterocycles. The van der Waals surface area contributed by atoms with Gasteiger partial charge in [0.15, 0.2) is 17.5 Å². The second-order valence-corrected chi connectivity index (χ2v) is 6.62. The van der Waals surface area contributed by atoms with Gasteiger partial charge in [-0.15, -0.1) is 0 Å². The number of carbonyl (C=O) groups excluding carboxylic acids is 3. The maximum Gasteiger partial charge on any atom is 0.251 e. The monoisotopic (exact) mass is 429 g/mol. The molecule has 0 spiro atoms. The van der Waals surface area contributed by atoms with Crippen molar-refractivity contribution in [3.8, 4) is 0 Å². The highest BCUT2D eigenvalue weighted by molar-refractivity contribution is 5.99. The topological polar surface area (TPSA) is 87.3 Å². The molecule has 0 atom stereocenters. The van der Waals surface area contributed by atoms with Gasteiger partial charge in [-0.25, -0.2) is 13.2 Å². The van der Waals surface area contributed by atoms with E-state index in [-0.39, 0.29) is 18.9 Å². The van der Waals surface area contributed by atoms with E-state index >= 15 is 0 Å². The highest BCUT2D eigenvalue weighted by Gasteiger charge is 2.15. The molecule has 0 aliphatic heterocycles. The van der Waals surface area contributed by atoms with Crippen LogP contribution in [0.2, 0.25) is 0 Å². The number of carbonyl (C=O) groups is 3. The van der Waals surface area contributed by atoms with Gasteiger partial charge < -0.3 is 16.0 Å². The zero-order valence-corrected chi connectivity index (χ0v) is 16.2. The van der Waals surface area contributed by atoms with E-state index in [2.05, 4.69) is 10.6 Å². The van der Waals surface area contributed by atoms with Gasteiger partial charge in [0.05, 0.1) is 12.2 Å². The largest absolute Gasteiger partial charge is 0.352 e. The Labute approximate surface area is 175 Å². The van der Waals surface area contributed by atoms with E-state index in [9.17, 15) is 27.6 Å². The molecule has 3 N–H and O–H groups in total. The van der Waals surface area contributed by atoms with Crippen molar-refractivity contribution in [1.29, 1.82) is 0 Å². The summed E-state index contributed by atoms with van der Waals surface area (Å²) in [6.45, 7) is -0.465. The summed E-state index contributed by atoms with van der Waals surface area (Å²) in [5.74, 6) is -6.31. The number of amides is 3. The molecule has 0 aliphatic rings. The van der Waals surface area contributed by atoms with Crippen molar-refractivity contribution in [2.24, 2.45) is 0 Å². The Balaban J connectivity index is 1.42. The third kappa shape index (κ3) is 5.59. The third-order valence-corrected chi connectivity index (χ3v) is 4.40. The fourth-order valence-corrected chi connectivity index (χ4v) is 2.81. The average Bonchev–Trinajstić information content (AvgIpc) is 2.77. The van der Waals surface area contributed by atoms with Gasteiger partial charge in [-0.05, 0) is 35.0 Å². The van der Waals surface area contributed by atoms with E-state index in [1.807, 2.05) is 35.6 Å². The van der Waals surface area contributed by atoms with Crippen LogP contribution < -0.4 is 16.0 Å². The van der Waals surface area contributed by atoms with Crippen LogP contribution in [0.3, 0.4) is 0 Å². The van der Waals surface area contributed by atoms with Crippen molar-refractivity contribution >= 4 is 34.2 Å². The Morgan fingerprint density at radius 1 is 0.774 bits per heavy atom. The van der Waals surface area contributed by atoms with Crippen LogP contribution in [0.25, 0.3) is 10.8 Å². The molecule has 0 heterocycles. The molecule has 0 bridgehead atoms. The lowest BCUT2D eigenvalue weighted by atomic mass is 10.1. The van der Waals surface area contributed by atoms with Crippen molar-refractivity contribution in [3.63, 3.8) is 0 Å². The maximum atomic E-state index is 13.5. The molecule has 9 heteroatoms. The van der Waals surface area contributed by atoms with Gasteiger partial charge in [0, 0.05) is 18.5 Å². The Bertz CT molecular complexity index is 1150. The van der Waals surface area contributed by atoms with Crippen LogP contribution >= 0.6 is 0 Å². The van der Waals surface area contributed by atoms with Crippen LogP contribution in [0.4, 0.5) is 18.9 Å². The zero-order valence-electron chi connectivity index (χ0n) is 16.2. The molecule has 3 rings (SSSR count). The summed E-state index contributed by atoms with van der Waals surface area (Å²) in [6, 6.07) is 14.4. The van der Waals surface area contributed by atoms with Crippen molar-refractivity contribution < 1.29 is 27.6 Å². The normalized spacial score (nSPS) is 10.5. The molecule has 3 aromatic carbocycles. The molecule has 0 aromatic heterocycles. The molecule has 0 radical (unpaired) electrons. The van der Waals surface area contributed by atoms with Crippen LogP contribution in [0.5, 0.6) is 0 Å². The first-order chi connectivity index (χ1) is 14.8. The first-order valence-corrected chi connectivity index (χ1v) is 9.32. The van der Waals surface area contributed by atoms with Crippen molar-refractivity contribution in [2.45, 2.75) is 6.42 Å². The van der Waals surface area contributed by atoms with E-state index in [1.165, 1.54) is 0 Å². The predicted octanol–water partition coefficient (Wildman–Crippen LogP) is 3.13. The summed E-state index contributed by atoms with van der Waals surface area (Å²) in [4.78, 5) is 35.8. The quantitative estimate of drug-likeness (QED) is 0.505. The highest BCUT2D eigenvalue weighted by atomic mass is 19.2. The lowest BCUT2D eigenvalue weighted by Gasteiger charge is -2.09. The minimum atomic E-state index is -1.70. The molecule has 0 fully saturated rings. The number of halogens is 3. The molecular formula is C22H18F3N3O3. The molecule has 3 aromatic rings. The Hall–Kier alpha value is -3.88. The first-order valence-electron chi connectivity index (χ1n) is 9.32. The fourth-order valence-electron chi connectivity index (χ4n) is 2.81. The lowest BCUT2D eigenvalue weighted by Crippen LogP contribution is -2.35. The Kier molecular flexibility index (Phi) is 6.86. The van der Waals surface area contributed by atoms with Gasteiger partial charge in [0.25, 0.3) is 5.91 Å². The number of anilines is 1. The minimum Gasteiger partial charge on any atom is -0.352 e. The second kappa shape index (κ2) is 9.75. The maximum absolute atomic E-state index is 13.5. The Morgan fingerprint density at radius 3 is 2.29 bits per heavy atom. The smallest absolute Gasteiger partial charge is 0.251 e. The van der Waals surface area contributed by atoms with E-state index in [4.69, 9.17) is 0 Å². The van der Waals surface area contributed by atoms with Gasteiger partial charge >= 0.3 is 0 Å². The minimum absolute atomic E-state index is 0.0386. The summed E-state index contributed by atoms with van der Waals surface area (Å²) in [6.07, 6.45) is -0.0911. The summed E-state index contributed by atoms with van der Waals surface area (Å²) in [5, 5.41) is 8.86. The molecule has 3 amide bonds. The number of benzene rings is 3. The van der Waals surface area contributed by atoms with E-state index in [0.29, 0.717) is 11.6 Å². The number of hydrogen-bond acceptors (Lipinski definition) is 3. The fraction of sp³-hybridized carbons (Fsp3) is 0.136. The average molecular weight is 429 g/mol. The predicted molar refractivity (Wildman–Crippen MR) is 109 cm³/mol. The van der Waals surface area contributed by atoms with E-state index < -0.39 is 41.5 Å². The lowest BCUT2D eigenvalue weighted by molar-refractivity contribution is -0.124. The zero-order chi connectivity index (χ0) is 22.4. The van der Waals surface area contributed by atoms with Crippen molar-refractivity contribution in [2.75, 3.05) is 18.4 Å². The SMILES string of the molecule is O=C(CCNC(=O)c1ccc2ccccc2c1)NCC(=O)Nc1ccc(F)c(F)c1F. The number of nitrogens with one attached hydrogen (secondary N) is 3. The van der Waals surface area contributed by atoms with Crippen LogP contribution in [0, 0.1) is 17.5 Å². The summed E-state index contributed by atoms with van der Waals surface area (Å²) in [7, 11) is 0. The van der Waals surface area contributed by atoms with Crippen LogP contribution in [0.15, 0.2) is 54.6 Å². The second-order valence-electron chi connectivity index (χ2n) is 6.62. The van der Waals surface area contributed by atoms with Crippen molar-refractivity contribution in [3.05, 3.63) is 77.6 Å². The molecule has 6 nitrogen and oxygen atoms in total. The Morgan fingerprint density at radius 2 is 1.52 bits per heavy atom. The number of hydrogen-bond donors (Lipinski definition) is 3. The van der Waals surface area contributed by atoms with E-state index in [0.717, 1.165) is 16.8 Å². The van der Waals surface area contributed by atoms with Gasteiger partial charge in [0.1, 0.15) is 0 Å². The van der Waals surface area contributed by atoms with Crippen LogP contribution in [-0.4, -0.2) is 30.8 Å². The molecule has 0 unspecified atom stereocenters. The molecule has 160 valence electrons. The van der Waals surface area contributed by atoms with Gasteiger partial charge in [0.2, 0.25) is 11.8 Å². The van der Waals surface area contributed by atoms with Gasteiger partial charge in [-0.1, -0.05) is 30.3 Å². The highest BCUT2D eigenvalue weighted by Crippen LogP contribution is 2.19. The van der Waals surface area contributed by atoms with E-state index in [1.54, 1.807) is 12.1 Å². The first kappa shape index (κ1) is 21.8. The molecule has 0 aliphatic carbocycles. The molecule has 0 saturated carbocycles. The van der Waals surface area contributed by atoms with Gasteiger partial charge in [-0.2, -0.15) is 0 Å². The van der Waals surface area contributed by atoms with Crippen molar-refractivity contribution in [1.82, 2.24) is 10.6 Å². The summed E-state index contributed by atoms with van der Waals surface area (Å²) >= 11 is 0. The summed E-state index contributed by atoms with van der Waals surface area (Å²) < 4.78 is 39.6. The molecule has 31 heavy (non-hydrogen) atoms. The summed E-state index contributed by atoms with van der Waals surface area (Å²) in [5.41, 5.74) is -0.0900. The standard InChI is InChI=1S/C22H18F3N3O3/c23-16-7-8-17(21(25)20(16)24)28-19(30)12-27-18(29)9-10-26-22(31)15-6-5-13-3-1-2-4-14(13)11-15/h1-8,11H,9-10,12H2,(H,26,31)(H,27,29)(H,28,30). The number of rotatable bonds is 7. The molecular weight excluding hydrogens is 411 g/mol. The third-order valence-electron chi connectivity index (χ3n) is 4.40. The van der Waals surface area contributed by atoms with Crippen LogP contribution in [0.1, 0.15) is 16.8 Å². The van der Waals surface area contributed by atoms with Gasteiger partial charge in [-0.3, -0.25) is 14.4 Å². The van der Waals surface area contributed by atoms with Crippen LogP contribution in [-0.2, 0) is 9.59 Å².